The van der Waals surface area contributed by atoms with Crippen LogP contribution in [0.3, 0.4) is 0 Å². The number of anilines is 1. The number of nitrogens with zero attached hydrogens (tertiary/aromatic N) is 3. The largest absolute Gasteiger partial charge is 0.485 e. The van der Waals surface area contributed by atoms with E-state index in [2.05, 4.69) is 22.1 Å². The van der Waals surface area contributed by atoms with Gasteiger partial charge in [0.1, 0.15) is 12.4 Å². The van der Waals surface area contributed by atoms with Crippen LogP contribution < -0.4 is 10.1 Å². The maximum Gasteiger partial charge on any atom is 0.337 e. The first-order valence-electron chi connectivity index (χ1n) is 9.84. The zero-order chi connectivity index (χ0) is 22.9. The van der Waals surface area contributed by atoms with Crippen molar-refractivity contribution in [3.8, 4) is 5.75 Å². The molecular formula is C23H24N4O4S. The summed E-state index contributed by atoms with van der Waals surface area (Å²) < 4.78 is 12.4. The highest BCUT2D eigenvalue weighted by Crippen LogP contribution is 2.21. The zero-order valence-corrected chi connectivity index (χ0v) is 18.7. The number of allylic oxidation sites excluding steroid dienone is 1. The van der Waals surface area contributed by atoms with E-state index in [1.807, 2.05) is 35.8 Å². The molecule has 1 N–H and O–H groups in total. The normalized spacial score (nSPS) is 10.4. The summed E-state index contributed by atoms with van der Waals surface area (Å²) in [6, 6.07) is 14.3. The lowest BCUT2D eigenvalue weighted by Crippen LogP contribution is -2.15. The quantitative estimate of drug-likeness (QED) is 0.283. The highest BCUT2D eigenvalue weighted by molar-refractivity contribution is 7.99. The highest BCUT2D eigenvalue weighted by Gasteiger charge is 2.15. The maximum atomic E-state index is 12.4. The maximum absolute atomic E-state index is 12.4. The molecule has 0 atom stereocenters. The molecule has 0 saturated heterocycles. The molecule has 9 heteroatoms. The molecule has 1 amide bonds. The summed E-state index contributed by atoms with van der Waals surface area (Å²) in [6.07, 6.45) is 1.74. The zero-order valence-electron chi connectivity index (χ0n) is 17.9. The number of para-hydroxylation sites is 1. The Labute approximate surface area is 190 Å². The van der Waals surface area contributed by atoms with E-state index in [0.717, 1.165) is 11.3 Å². The third-order valence-electron chi connectivity index (χ3n) is 4.46. The second-order valence-electron chi connectivity index (χ2n) is 6.76. The fourth-order valence-corrected chi connectivity index (χ4v) is 3.64. The van der Waals surface area contributed by atoms with E-state index < -0.39 is 5.97 Å². The van der Waals surface area contributed by atoms with E-state index in [9.17, 15) is 9.59 Å². The van der Waals surface area contributed by atoms with Crippen LogP contribution >= 0.6 is 11.8 Å². The number of hydrogen-bond acceptors (Lipinski definition) is 7. The first-order valence-corrected chi connectivity index (χ1v) is 10.8. The monoisotopic (exact) mass is 452 g/mol. The van der Waals surface area contributed by atoms with Gasteiger partial charge in [-0.05, 0) is 36.8 Å². The van der Waals surface area contributed by atoms with Gasteiger partial charge >= 0.3 is 5.97 Å². The summed E-state index contributed by atoms with van der Waals surface area (Å²) in [6.45, 7) is 6.50. The molecule has 0 spiro atoms. The number of methoxy groups -OCH3 is 1. The molecule has 0 aliphatic carbocycles. The molecule has 1 aromatic heterocycles. The number of carbonyl (C=O) groups excluding carboxylic acids is 2. The van der Waals surface area contributed by atoms with Crippen molar-refractivity contribution < 1.29 is 19.1 Å². The number of nitrogens with one attached hydrogen (secondary N) is 1. The standard InChI is InChI=1S/C23H24N4O4S/c1-4-12-27-20(14-31-19-11-6-5-8-16(19)2)25-26-23(27)32-15-21(28)24-18-10-7-9-17(13-18)22(29)30-3/h4-11,13H,1,12,14-15H2,2-3H3,(H,24,28). The van der Waals surface area contributed by atoms with Crippen LogP contribution in [0.1, 0.15) is 21.7 Å². The first-order chi connectivity index (χ1) is 15.5. The number of ether oxygens (including phenoxy) is 2. The van der Waals surface area contributed by atoms with Crippen LogP contribution in [0.2, 0.25) is 0 Å². The summed E-state index contributed by atoms with van der Waals surface area (Å²) in [5.74, 6) is 0.845. The Morgan fingerprint density at radius 1 is 1.19 bits per heavy atom. The minimum Gasteiger partial charge on any atom is -0.485 e. The Morgan fingerprint density at radius 2 is 2.00 bits per heavy atom. The summed E-state index contributed by atoms with van der Waals surface area (Å²) in [7, 11) is 1.31. The van der Waals surface area contributed by atoms with Gasteiger partial charge in [-0.15, -0.1) is 16.8 Å². The molecule has 3 aromatic rings. The number of aryl methyl sites for hydroxylation is 1. The van der Waals surface area contributed by atoms with Gasteiger partial charge in [0.15, 0.2) is 11.0 Å². The average molecular weight is 453 g/mol. The van der Waals surface area contributed by atoms with Gasteiger partial charge in [-0.25, -0.2) is 4.79 Å². The predicted octanol–water partition coefficient (Wildman–Crippen LogP) is 3.87. The summed E-state index contributed by atoms with van der Waals surface area (Å²) in [4.78, 5) is 24.1. The van der Waals surface area contributed by atoms with E-state index in [1.54, 1.807) is 30.3 Å². The second-order valence-corrected chi connectivity index (χ2v) is 7.70. The molecule has 0 fully saturated rings. The lowest BCUT2D eigenvalue weighted by Gasteiger charge is -2.10. The van der Waals surface area contributed by atoms with Crippen molar-refractivity contribution >= 4 is 29.3 Å². The summed E-state index contributed by atoms with van der Waals surface area (Å²) in [5.41, 5.74) is 1.91. The van der Waals surface area contributed by atoms with Crippen molar-refractivity contribution in [3.63, 3.8) is 0 Å². The summed E-state index contributed by atoms with van der Waals surface area (Å²) >= 11 is 1.26. The van der Waals surface area contributed by atoms with Crippen LogP contribution in [0, 0.1) is 6.92 Å². The van der Waals surface area contributed by atoms with Crippen molar-refractivity contribution in [1.82, 2.24) is 14.8 Å². The molecule has 8 nitrogen and oxygen atoms in total. The molecule has 0 radical (unpaired) electrons. The van der Waals surface area contributed by atoms with Crippen LogP contribution in [0.15, 0.2) is 66.3 Å². The lowest BCUT2D eigenvalue weighted by atomic mass is 10.2. The third-order valence-corrected chi connectivity index (χ3v) is 5.42. The molecule has 0 aliphatic rings. The average Bonchev–Trinajstić information content (AvgIpc) is 3.18. The van der Waals surface area contributed by atoms with E-state index in [1.165, 1.54) is 18.9 Å². The smallest absolute Gasteiger partial charge is 0.337 e. The number of thioether (sulfide) groups is 1. The van der Waals surface area contributed by atoms with Crippen molar-refractivity contribution in [1.29, 1.82) is 0 Å². The van der Waals surface area contributed by atoms with Crippen LogP contribution in [-0.4, -0.2) is 39.5 Å². The SMILES string of the molecule is C=CCn1c(COc2ccccc2C)nnc1SCC(=O)Nc1cccc(C(=O)OC)c1. The number of hydrogen-bond donors (Lipinski definition) is 1. The van der Waals surface area contributed by atoms with E-state index in [4.69, 9.17) is 9.47 Å². The number of benzene rings is 2. The van der Waals surface area contributed by atoms with E-state index in [-0.39, 0.29) is 18.3 Å². The van der Waals surface area contributed by atoms with Gasteiger partial charge in [-0.3, -0.25) is 9.36 Å². The van der Waals surface area contributed by atoms with E-state index in [0.29, 0.717) is 28.8 Å². The lowest BCUT2D eigenvalue weighted by molar-refractivity contribution is -0.113. The Hall–Kier alpha value is -3.59. The predicted molar refractivity (Wildman–Crippen MR) is 123 cm³/mol. The molecule has 0 unspecified atom stereocenters. The van der Waals surface area contributed by atoms with Gasteiger partial charge in [-0.2, -0.15) is 0 Å². The van der Waals surface area contributed by atoms with Crippen molar-refractivity contribution in [2.45, 2.75) is 25.2 Å². The Balaban J connectivity index is 1.62. The Bertz CT molecular complexity index is 1110. The Kier molecular flexibility index (Phi) is 8.04. The minimum atomic E-state index is -0.464. The third kappa shape index (κ3) is 5.98. The van der Waals surface area contributed by atoms with Gasteiger partial charge < -0.3 is 14.8 Å². The molecule has 0 bridgehead atoms. The van der Waals surface area contributed by atoms with Gasteiger partial charge in [0.25, 0.3) is 0 Å². The first kappa shape index (κ1) is 23.1. The number of carbonyl (C=O) groups is 2. The van der Waals surface area contributed by atoms with Gasteiger partial charge in [0.05, 0.1) is 18.4 Å². The molecular weight excluding hydrogens is 428 g/mol. The number of amides is 1. The Morgan fingerprint density at radius 3 is 2.75 bits per heavy atom. The fourth-order valence-electron chi connectivity index (χ4n) is 2.87. The summed E-state index contributed by atoms with van der Waals surface area (Å²) in [5, 5.41) is 11.8. The van der Waals surface area contributed by atoms with Crippen LogP contribution in [0.5, 0.6) is 5.75 Å². The fraction of sp³-hybridized carbons (Fsp3) is 0.217. The molecule has 32 heavy (non-hydrogen) atoms. The van der Waals surface area contributed by atoms with Crippen molar-refractivity contribution in [2.75, 3.05) is 18.2 Å². The van der Waals surface area contributed by atoms with Gasteiger partial charge in [0, 0.05) is 12.2 Å². The van der Waals surface area contributed by atoms with Gasteiger partial charge in [0.2, 0.25) is 5.91 Å². The van der Waals surface area contributed by atoms with E-state index >= 15 is 0 Å². The van der Waals surface area contributed by atoms with Crippen molar-refractivity contribution in [3.05, 3.63) is 78.1 Å². The topological polar surface area (TPSA) is 95.3 Å². The van der Waals surface area contributed by atoms with Crippen LogP contribution in [0.25, 0.3) is 0 Å². The van der Waals surface area contributed by atoms with Gasteiger partial charge in [-0.1, -0.05) is 42.1 Å². The van der Waals surface area contributed by atoms with Crippen LogP contribution in [-0.2, 0) is 22.7 Å². The molecule has 1 heterocycles. The molecule has 0 aliphatic heterocycles. The molecule has 3 rings (SSSR count). The minimum absolute atomic E-state index is 0.121. The second kappa shape index (κ2) is 11.1. The number of aromatic nitrogens is 3. The molecule has 2 aromatic carbocycles. The molecule has 0 saturated carbocycles. The number of rotatable bonds is 10. The highest BCUT2D eigenvalue weighted by atomic mass is 32.2. The number of esters is 1. The van der Waals surface area contributed by atoms with Crippen LogP contribution in [0.4, 0.5) is 5.69 Å². The molecule has 166 valence electrons. The van der Waals surface area contributed by atoms with Crippen molar-refractivity contribution in [2.24, 2.45) is 0 Å².